The maximum atomic E-state index is 9.93. The van der Waals surface area contributed by atoms with Crippen LogP contribution in [0.1, 0.15) is 20.8 Å². The Bertz CT molecular complexity index is 444. The maximum absolute atomic E-state index is 9.93. The first-order valence-electron chi connectivity index (χ1n) is 4.36. The van der Waals surface area contributed by atoms with E-state index in [4.69, 9.17) is 5.11 Å². The van der Waals surface area contributed by atoms with Crippen LogP contribution in [0.25, 0.3) is 0 Å². The molecule has 0 aromatic rings. The molecule has 0 aliphatic carbocycles. The minimum absolute atomic E-state index is 0. The van der Waals surface area contributed by atoms with Gasteiger partial charge in [0, 0.05) is 0 Å². The van der Waals surface area contributed by atoms with Crippen LogP contribution in [-0.4, -0.2) is 48.2 Å². The van der Waals surface area contributed by atoms with E-state index in [2.05, 4.69) is 6.58 Å². The van der Waals surface area contributed by atoms with Gasteiger partial charge in [0.2, 0.25) is 0 Å². The summed E-state index contributed by atoms with van der Waals surface area (Å²) in [5.74, 6) is -1.19. The van der Waals surface area contributed by atoms with Gasteiger partial charge in [0.05, 0.1) is 37.3 Å². The van der Waals surface area contributed by atoms with E-state index >= 15 is 0 Å². The van der Waals surface area contributed by atoms with E-state index in [0.717, 1.165) is 0 Å². The maximum Gasteiger partial charge on any atom is 1.00 e. The van der Waals surface area contributed by atoms with Crippen molar-refractivity contribution in [1.82, 2.24) is 0 Å². The van der Waals surface area contributed by atoms with Crippen molar-refractivity contribution in [2.45, 2.75) is 26.4 Å². The molecule has 0 atom stereocenters. The van der Waals surface area contributed by atoms with E-state index in [1.807, 2.05) is 0 Å². The first-order chi connectivity index (χ1) is 7.12. The van der Waals surface area contributed by atoms with Crippen LogP contribution in [0.3, 0.4) is 0 Å². The summed E-state index contributed by atoms with van der Waals surface area (Å²) < 4.78 is 59.3. The molecule has 0 bridgehead atoms. The number of hydrogen-bond donors (Lipinski definition) is 1. The fourth-order valence-corrected chi connectivity index (χ4v) is 2.20. The van der Waals surface area contributed by atoms with Crippen molar-refractivity contribution >= 4 is 20.2 Å². The van der Waals surface area contributed by atoms with Crippen molar-refractivity contribution in [1.29, 1.82) is 0 Å². The third kappa shape index (κ3) is 30.0. The van der Waals surface area contributed by atoms with Crippen molar-refractivity contribution < 1.29 is 60.6 Å². The van der Waals surface area contributed by atoms with Crippen LogP contribution < -0.4 is 29.6 Å². The van der Waals surface area contributed by atoms with Crippen molar-refractivity contribution in [2.75, 3.05) is 11.5 Å². The van der Waals surface area contributed by atoms with E-state index in [9.17, 15) is 25.9 Å². The average Bonchev–Trinajstić information content (AvgIpc) is 1.68. The molecule has 0 heterocycles. The summed E-state index contributed by atoms with van der Waals surface area (Å²) in [6.45, 7) is 7.29. The van der Waals surface area contributed by atoms with Gasteiger partial charge in [-0.15, -0.1) is 0 Å². The molecule has 0 saturated carbocycles. The Morgan fingerprint density at radius 2 is 1.50 bits per heavy atom. The van der Waals surface area contributed by atoms with Crippen LogP contribution >= 0.6 is 0 Å². The summed E-state index contributed by atoms with van der Waals surface area (Å²) in [4.78, 5) is 0. The first-order valence-corrected chi connectivity index (χ1v) is 7.52. The third-order valence-electron chi connectivity index (χ3n) is 0.953. The standard InChI is InChI=1S/C4H10O4S.C4H8O3S.Na/c1-4(2,5)3-9(6,7)8;1-4(2)3-8(5,6)7;/h5H,3H2,1-2H3,(H,6,7,8);1,3H2,2H3,(H,5,6,7);/q;;+1/p-2. The monoisotopic (exact) mass is 311 g/mol. The summed E-state index contributed by atoms with van der Waals surface area (Å²) in [5, 5.41) is 8.77. The zero-order valence-corrected chi connectivity index (χ0v) is 14.5. The van der Waals surface area contributed by atoms with E-state index < -0.39 is 37.3 Å². The molecule has 0 aromatic carbocycles. The second-order valence-electron chi connectivity index (χ2n) is 4.17. The predicted molar refractivity (Wildman–Crippen MR) is 60.2 cm³/mol. The number of hydrogen-bond acceptors (Lipinski definition) is 7. The summed E-state index contributed by atoms with van der Waals surface area (Å²) in [7, 11) is -8.35. The van der Waals surface area contributed by atoms with Gasteiger partial charge in [-0.2, -0.15) is 0 Å². The van der Waals surface area contributed by atoms with E-state index in [1.54, 1.807) is 0 Å². The Kier molecular flexibility index (Phi) is 11.3. The Balaban J connectivity index is -0.000000238. The smallest absolute Gasteiger partial charge is 0.748 e. The molecule has 0 aliphatic rings. The number of rotatable bonds is 4. The Hall–Kier alpha value is 0.520. The molecule has 1 N–H and O–H groups in total. The molecule has 104 valence electrons. The van der Waals surface area contributed by atoms with Gasteiger partial charge in [0.1, 0.15) is 0 Å². The van der Waals surface area contributed by atoms with Crippen LogP contribution in [0.2, 0.25) is 0 Å². The summed E-state index contributed by atoms with van der Waals surface area (Å²) in [6, 6.07) is 0. The molecule has 0 amide bonds. The van der Waals surface area contributed by atoms with Crippen LogP contribution in [0.4, 0.5) is 0 Å². The molecule has 0 spiro atoms. The largest absolute Gasteiger partial charge is 1.00 e. The van der Waals surface area contributed by atoms with Gasteiger partial charge in [-0.3, -0.25) is 0 Å². The zero-order chi connectivity index (χ0) is 14.5. The molecule has 0 radical (unpaired) electrons. The summed E-state index contributed by atoms with van der Waals surface area (Å²) in [5.41, 5.74) is -1.04. The van der Waals surface area contributed by atoms with Gasteiger partial charge in [-0.1, -0.05) is 12.2 Å². The molecule has 0 aliphatic heterocycles. The van der Waals surface area contributed by atoms with E-state index in [0.29, 0.717) is 5.57 Å². The third-order valence-corrected chi connectivity index (χ3v) is 2.86. The molecule has 0 unspecified atom stereocenters. The quantitative estimate of drug-likeness (QED) is 0.322. The van der Waals surface area contributed by atoms with Gasteiger partial charge >= 0.3 is 29.6 Å². The van der Waals surface area contributed by atoms with E-state index in [1.165, 1.54) is 20.8 Å². The van der Waals surface area contributed by atoms with Gasteiger partial charge in [0.25, 0.3) is 0 Å². The molecular weight excluding hydrogens is 295 g/mol. The zero-order valence-electron chi connectivity index (χ0n) is 10.8. The fraction of sp³-hybridized carbons (Fsp3) is 0.750. The van der Waals surface area contributed by atoms with Crippen LogP contribution in [0, 0.1) is 0 Å². The molecule has 0 rings (SSSR count). The normalized spacial score (nSPS) is 11.9. The van der Waals surface area contributed by atoms with Gasteiger partial charge in [0.15, 0.2) is 0 Å². The van der Waals surface area contributed by atoms with Crippen LogP contribution in [-0.2, 0) is 20.2 Å². The van der Waals surface area contributed by atoms with Gasteiger partial charge in [-0.05, 0) is 20.8 Å². The van der Waals surface area contributed by atoms with Gasteiger partial charge < -0.3 is 14.2 Å². The molecule has 18 heavy (non-hydrogen) atoms. The Morgan fingerprint density at radius 1 is 1.17 bits per heavy atom. The van der Waals surface area contributed by atoms with Crippen molar-refractivity contribution in [3.8, 4) is 0 Å². The van der Waals surface area contributed by atoms with E-state index in [-0.39, 0.29) is 29.6 Å². The molecule has 10 heteroatoms. The molecule has 0 fully saturated rings. The Labute approximate surface area is 130 Å². The molecule has 0 saturated heterocycles. The second-order valence-corrected chi connectivity index (χ2v) is 6.98. The molecule has 0 aromatic heterocycles. The first kappa shape index (κ1) is 23.6. The molecule has 7 nitrogen and oxygen atoms in total. The van der Waals surface area contributed by atoms with Crippen molar-refractivity contribution in [3.63, 3.8) is 0 Å². The fourth-order valence-electron chi connectivity index (χ4n) is 0.734. The predicted octanol–water partition coefficient (Wildman–Crippen LogP) is -3.59. The van der Waals surface area contributed by atoms with Gasteiger partial charge in [-0.25, -0.2) is 16.8 Å². The SMILES string of the molecule is C=C(C)CS(=O)(=O)[O-].CC(C)(O)CS(=O)(=O)[O-].[Na+]. The van der Waals surface area contributed by atoms with Crippen LogP contribution in [0.15, 0.2) is 12.2 Å². The Morgan fingerprint density at radius 3 is 1.50 bits per heavy atom. The average molecular weight is 311 g/mol. The summed E-state index contributed by atoms with van der Waals surface area (Å²) >= 11 is 0. The second kappa shape index (κ2) is 8.64. The van der Waals surface area contributed by atoms with Crippen LogP contribution in [0.5, 0.6) is 0 Å². The van der Waals surface area contributed by atoms with Crippen molar-refractivity contribution in [2.24, 2.45) is 0 Å². The topological polar surface area (TPSA) is 135 Å². The number of aliphatic hydroxyl groups is 1. The minimum Gasteiger partial charge on any atom is -0.748 e. The van der Waals surface area contributed by atoms with Crippen molar-refractivity contribution in [3.05, 3.63) is 12.2 Å². The molecular formula is C8H16NaO7S2-. The minimum atomic E-state index is -4.28. The summed E-state index contributed by atoms with van der Waals surface area (Å²) in [6.07, 6.45) is 0.